The second-order valence-electron chi connectivity index (χ2n) is 6.43. The summed E-state index contributed by atoms with van der Waals surface area (Å²) in [4.78, 5) is 25.5. The van der Waals surface area contributed by atoms with Crippen molar-refractivity contribution in [2.24, 2.45) is 0 Å². The van der Waals surface area contributed by atoms with Crippen LogP contribution >= 0.6 is 0 Å². The van der Waals surface area contributed by atoms with Crippen molar-refractivity contribution in [1.82, 2.24) is 25.1 Å². The zero-order valence-corrected chi connectivity index (χ0v) is 14.7. The van der Waals surface area contributed by atoms with Crippen LogP contribution in [0, 0.1) is 0 Å². The molecule has 1 N–H and O–H groups in total. The maximum atomic E-state index is 13.0. The Balaban J connectivity index is 1.58. The van der Waals surface area contributed by atoms with E-state index in [0.717, 1.165) is 16.6 Å². The second-order valence-corrected chi connectivity index (χ2v) is 6.43. The summed E-state index contributed by atoms with van der Waals surface area (Å²) in [6.07, 6.45) is 3.17. The number of fused-ring (bicyclic) bond motifs is 1. The summed E-state index contributed by atoms with van der Waals surface area (Å²) >= 11 is 0. The largest absolute Gasteiger partial charge is 0.368 e. The third kappa shape index (κ3) is 2.99. The number of aromatic amines is 1. The second kappa shape index (κ2) is 6.72. The van der Waals surface area contributed by atoms with E-state index in [-0.39, 0.29) is 12.0 Å². The number of ether oxygens (including phenoxy) is 1. The molecule has 1 aliphatic heterocycles. The molecule has 3 heterocycles. The van der Waals surface area contributed by atoms with E-state index < -0.39 is 0 Å². The zero-order valence-electron chi connectivity index (χ0n) is 14.7. The zero-order chi connectivity index (χ0) is 18.1. The van der Waals surface area contributed by atoms with Crippen molar-refractivity contribution in [1.29, 1.82) is 0 Å². The normalized spacial score (nSPS) is 17.5. The fourth-order valence-electron chi connectivity index (χ4n) is 3.09. The van der Waals surface area contributed by atoms with Gasteiger partial charge < -0.3 is 14.5 Å². The van der Waals surface area contributed by atoms with Crippen molar-refractivity contribution in [3.8, 4) is 0 Å². The quantitative estimate of drug-likeness (QED) is 0.771. The van der Waals surface area contributed by atoms with Crippen LogP contribution in [0.3, 0.4) is 0 Å². The van der Waals surface area contributed by atoms with Crippen LogP contribution in [0.5, 0.6) is 0 Å². The molecule has 26 heavy (non-hydrogen) atoms. The standard InChI is InChI=1S/C18H20N6O2/c1-23(2)18-19-7-6-14(21-18)15-11-24(8-9-26-15)17(25)13-5-3-4-12-10-20-22-16(12)13/h3-7,10,15H,8-9,11H2,1-2H3,(H,20,22)/t15-/m1/s1. The van der Waals surface area contributed by atoms with Crippen LogP contribution in [-0.4, -0.2) is 64.8 Å². The fraction of sp³-hybridized carbons (Fsp3) is 0.333. The number of anilines is 1. The molecule has 134 valence electrons. The number of nitrogens with one attached hydrogen (secondary N) is 1. The lowest BCUT2D eigenvalue weighted by molar-refractivity contribution is -0.0246. The summed E-state index contributed by atoms with van der Waals surface area (Å²) in [5.41, 5.74) is 2.16. The lowest BCUT2D eigenvalue weighted by Gasteiger charge is -2.33. The van der Waals surface area contributed by atoms with Crippen molar-refractivity contribution in [2.45, 2.75) is 6.10 Å². The number of amides is 1. The number of benzene rings is 1. The maximum absolute atomic E-state index is 13.0. The molecule has 1 aliphatic rings. The Kier molecular flexibility index (Phi) is 4.26. The highest BCUT2D eigenvalue weighted by molar-refractivity contribution is 6.05. The van der Waals surface area contributed by atoms with Crippen molar-refractivity contribution in [3.63, 3.8) is 0 Å². The molecular weight excluding hydrogens is 332 g/mol. The van der Waals surface area contributed by atoms with Gasteiger partial charge in [-0.1, -0.05) is 12.1 Å². The van der Waals surface area contributed by atoms with Gasteiger partial charge in [-0.2, -0.15) is 5.10 Å². The highest BCUT2D eigenvalue weighted by Crippen LogP contribution is 2.24. The molecule has 0 aliphatic carbocycles. The summed E-state index contributed by atoms with van der Waals surface area (Å²) in [6.45, 7) is 1.47. The van der Waals surface area contributed by atoms with Gasteiger partial charge in [0, 0.05) is 32.2 Å². The summed E-state index contributed by atoms with van der Waals surface area (Å²) in [5.74, 6) is 0.590. The highest BCUT2D eigenvalue weighted by atomic mass is 16.5. The summed E-state index contributed by atoms with van der Waals surface area (Å²) in [6, 6.07) is 7.46. The first-order valence-electron chi connectivity index (χ1n) is 8.47. The van der Waals surface area contributed by atoms with Crippen LogP contribution < -0.4 is 4.90 Å². The van der Waals surface area contributed by atoms with E-state index >= 15 is 0 Å². The number of nitrogens with zero attached hydrogens (tertiary/aromatic N) is 5. The first-order chi connectivity index (χ1) is 12.6. The highest BCUT2D eigenvalue weighted by Gasteiger charge is 2.28. The first-order valence-corrected chi connectivity index (χ1v) is 8.47. The number of aromatic nitrogens is 4. The number of hydrogen-bond acceptors (Lipinski definition) is 6. The topological polar surface area (TPSA) is 87.2 Å². The molecule has 2 aromatic heterocycles. The predicted molar refractivity (Wildman–Crippen MR) is 97.0 cm³/mol. The Labute approximate surface area is 150 Å². The number of hydrogen-bond donors (Lipinski definition) is 1. The van der Waals surface area contributed by atoms with Gasteiger partial charge in [-0.3, -0.25) is 9.89 Å². The third-order valence-electron chi connectivity index (χ3n) is 4.46. The number of rotatable bonds is 3. The van der Waals surface area contributed by atoms with Gasteiger partial charge in [0.1, 0.15) is 6.10 Å². The van der Waals surface area contributed by atoms with Crippen LogP contribution in [0.15, 0.2) is 36.7 Å². The van der Waals surface area contributed by atoms with Gasteiger partial charge in [-0.25, -0.2) is 9.97 Å². The number of carbonyl (C=O) groups is 1. The average molecular weight is 352 g/mol. The predicted octanol–water partition coefficient (Wildman–Crippen LogP) is 1.63. The molecule has 0 saturated carbocycles. The molecule has 0 radical (unpaired) electrons. The Bertz CT molecular complexity index is 938. The van der Waals surface area contributed by atoms with E-state index in [9.17, 15) is 4.79 Å². The van der Waals surface area contributed by atoms with Crippen LogP contribution in [0.2, 0.25) is 0 Å². The first kappa shape index (κ1) is 16.5. The Morgan fingerprint density at radius 3 is 3.08 bits per heavy atom. The molecule has 4 rings (SSSR count). The SMILES string of the molecule is CN(C)c1nccc([C@H]2CN(C(=O)c3cccc4cn[nH]c34)CCO2)n1. The molecule has 8 nitrogen and oxygen atoms in total. The monoisotopic (exact) mass is 352 g/mol. The Morgan fingerprint density at radius 2 is 2.23 bits per heavy atom. The van der Waals surface area contributed by atoms with E-state index in [1.807, 2.05) is 43.3 Å². The van der Waals surface area contributed by atoms with Gasteiger partial charge in [-0.05, 0) is 12.1 Å². The lowest BCUT2D eigenvalue weighted by atomic mass is 10.1. The molecule has 1 aromatic carbocycles. The molecule has 1 amide bonds. The van der Waals surface area contributed by atoms with E-state index in [1.165, 1.54) is 0 Å². The summed E-state index contributed by atoms with van der Waals surface area (Å²) in [5, 5.41) is 7.88. The molecule has 1 saturated heterocycles. The minimum absolute atomic E-state index is 0.0324. The fourth-order valence-corrected chi connectivity index (χ4v) is 3.09. The Hall–Kier alpha value is -3.00. The number of morpholine rings is 1. The summed E-state index contributed by atoms with van der Waals surface area (Å²) in [7, 11) is 3.78. The Morgan fingerprint density at radius 1 is 1.35 bits per heavy atom. The molecule has 0 spiro atoms. The maximum Gasteiger partial charge on any atom is 0.256 e. The van der Waals surface area contributed by atoms with Gasteiger partial charge in [0.25, 0.3) is 5.91 Å². The van der Waals surface area contributed by atoms with Crippen molar-refractivity contribution in [2.75, 3.05) is 38.7 Å². The molecule has 0 unspecified atom stereocenters. The summed E-state index contributed by atoms with van der Waals surface area (Å²) < 4.78 is 5.86. The number of para-hydroxylation sites is 1. The molecule has 0 bridgehead atoms. The minimum atomic E-state index is -0.268. The molecular formula is C18H20N6O2. The van der Waals surface area contributed by atoms with Crippen molar-refractivity contribution in [3.05, 3.63) is 47.9 Å². The van der Waals surface area contributed by atoms with Crippen LogP contribution in [0.25, 0.3) is 10.9 Å². The molecule has 8 heteroatoms. The van der Waals surface area contributed by atoms with Gasteiger partial charge >= 0.3 is 0 Å². The lowest BCUT2D eigenvalue weighted by Crippen LogP contribution is -2.42. The van der Waals surface area contributed by atoms with Crippen molar-refractivity contribution < 1.29 is 9.53 Å². The van der Waals surface area contributed by atoms with Crippen molar-refractivity contribution >= 4 is 22.8 Å². The van der Waals surface area contributed by atoms with E-state index in [2.05, 4.69) is 20.2 Å². The minimum Gasteiger partial charge on any atom is -0.368 e. The van der Waals surface area contributed by atoms with E-state index in [1.54, 1.807) is 17.3 Å². The molecule has 1 fully saturated rings. The molecule has 1 atom stereocenters. The third-order valence-corrected chi connectivity index (χ3v) is 4.46. The van der Waals surface area contributed by atoms with Gasteiger partial charge in [-0.15, -0.1) is 0 Å². The van der Waals surface area contributed by atoms with Gasteiger partial charge in [0.2, 0.25) is 5.95 Å². The average Bonchev–Trinajstić information content (AvgIpc) is 3.16. The van der Waals surface area contributed by atoms with Crippen LogP contribution in [-0.2, 0) is 4.74 Å². The number of carbonyl (C=O) groups excluding carboxylic acids is 1. The van der Waals surface area contributed by atoms with Gasteiger partial charge in [0.05, 0.1) is 36.1 Å². The van der Waals surface area contributed by atoms with Crippen LogP contribution in [0.1, 0.15) is 22.2 Å². The van der Waals surface area contributed by atoms with E-state index in [4.69, 9.17) is 4.74 Å². The number of H-pyrrole nitrogens is 1. The van der Waals surface area contributed by atoms with E-state index in [0.29, 0.717) is 31.2 Å². The smallest absolute Gasteiger partial charge is 0.256 e. The van der Waals surface area contributed by atoms with Gasteiger partial charge in [0.15, 0.2) is 0 Å². The molecule has 3 aromatic rings. The van der Waals surface area contributed by atoms with Crippen LogP contribution in [0.4, 0.5) is 5.95 Å².